The number of carbonyl (C=O) groups is 2. The number of benzene rings is 2. The van der Waals surface area contributed by atoms with Crippen LogP contribution in [-0.2, 0) is 0 Å². The second kappa shape index (κ2) is 7.09. The molecule has 0 unspecified atom stereocenters. The molecule has 5 rings (SSSR count). The first-order chi connectivity index (χ1) is 14.6. The largest absolute Gasteiger partial charge is 0.493 e. The molecule has 2 heterocycles. The van der Waals surface area contributed by atoms with E-state index in [9.17, 15) is 9.59 Å². The number of ether oxygens (including phenoxy) is 4. The smallest absolute Gasteiger partial charge is 0.254 e. The average Bonchev–Trinajstić information content (AvgIpc) is 3.33. The quantitative estimate of drug-likeness (QED) is 0.677. The molecule has 2 aromatic carbocycles. The molecule has 0 fully saturated rings. The van der Waals surface area contributed by atoms with Crippen molar-refractivity contribution in [2.45, 2.75) is 18.4 Å². The predicted octanol–water partition coefficient (Wildman–Crippen LogP) is 3.54. The molecule has 156 valence electrons. The van der Waals surface area contributed by atoms with Gasteiger partial charge >= 0.3 is 0 Å². The Hall–Kier alpha value is -2.93. The molecule has 0 aromatic heterocycles. The Labute approximate surface area is 178 Å². The summed E-state index contributed by atoms with van der Waals surface area (Å²) >= 11 is 5.93. The minimum Gasteiger partial charge on any atom is -0.493 e. The number of hydrogen-bond acceptors (Lipinski definition) is 6. The molecule has 0 saturated heterocycles. The normalized spacial score (nSPS) is 20.7. The monoisotopic (exact) mass is 429 g/mol. The van der Waals surface area contributed by atoms with Crippen LogP contribution in [0.5, 0.6) is 23.0 Å². The summed E-state index contributed by atoms with van der Waals surface area (Å²) in [6, 6.07) is 6.52. The molecule has 8 heteroatoms. The molecule has 2 aromatic rings. The maximum atomic E-state index is 13.5. The summed E-state index contributed by atoms with van der Waals surface area (Å²) in [7, 11) is 3.05. The lowest BCUT2D eigenvalue weighted by molar-refractivity contribution is 0.0607. The predicted molar refractivity (Wildman–Crippen MR) is 108 cm³/mol. The summed E-state index contributed by atoms with van der Waals surface area (Å²) in [5, 5.41) is 0. The number of hydrogen-bond donors (Lipinski definition) is 0. The number of amides is 1. The number of alkyl halides is 1. The fourth-order valence-electron chi connectivity index (χ4n) is 4.65. The van der Waals surface area contributed by atoms with E-state index in [0.29, 0.717) is 58.5 Å². The van der Waals surface area contributed by atoms with Gasteiger partial charge in [-0.2, -0.15) is 0 Å². The summed E-state index contributed by atoms with van der Waals surface area (Å²) in [4.78, 5) is 28.8. The fourth-order valence-corrected chi connectivity index (χ4v) is 4.77. The van der Waals surface area contributed by atoms with Crippen molar-refractivity contribution in [2.24, 2.45) is 0 Å². The van der Waals surface area contributed by atoms with E-state index in [1.807, 2.05) is 6.07 Å². The summed E-state index contributed by atoms with van der Waals surface area (Å²) in [6.45, 7) is 0.563. The van der Waals surface area contributed by atoms with Gasteiger partial charge in [0.05, 0.1) is 26.2 Å². The molecular weight excluding hydrogens is 410 g/mol. The Balaban J connectivity index is 1.72. The molecule has 0 saturated carbocycles. The minimum absolute atomic E-state index is 0.0508. The van der Waals surface area contributed by atoms with Crippen LogP contribution in [0, 0.1) is 0 Å². The van der Waals surface area contributed by atoms with Crippen molar-refractivity contribution < 1.29 is 28.5 Å². The van der Waals surface area contributed by atoms with Crippen molar-refractivity contribution in [1.29, 1.82) is 0 Å². The summed E-state index contributed by atoms with van der Waals surface area (Å²) < 4.78 is 21.8. The van der Waals surface area contributed by atoms with Gasteiger partial charge in [-0.15, -0.1) is 11.6 Å². The van der Waals surface area contributed by atoms with Crippen molar-refractivity contribution in [3.8, 4) is 23.0 Å². The van der Waals surface area contributed by atoms with E-state index in [-0.39, 0.29) is 18.5 Å². The van der Waals surface area contributed by atoms with Gasteiger partial charge in [-0.25, -0.2) is 0 Å². The molecule has 3 aliphatic rings. The number of halogens is 1. The van der Waals surface area contributed by atoms with Crippen molar-refractivity contribution in [1.82, 2.24) is 4.90 Å². The molecule has 0 radical (unpaired) electrons. The van der Waals surface area contributed by atoms with Gasteiger partial charge in [-0.1, -0.05) is 0 Å². The Morgan fingerprint density at radius 3 is 2.40 bits per heavy atom. The van der Waals surface area contributed by atoms with Crippen LogP contribution in [0.3, 0.4) is 0 Å². The maximum Gasteiger partial charge on any atom is 0.254 e. The Morgan fingerprint density at radius 2 is 1.70 bits per heavy atom. The highest BCUT2D eigenvalue weighted by molar-refractivity contribution is 6.17. The van der Waals surface area contributed by atoms with Gasteiger partial charge in [0.15, 0.2) is 28.8 Å². The highest BCUT2D eigenvalue weighted by Gasteiger charge is 2.51. The van der Waals surface area contributed by atoms with Gasteiger partial charge in [0.2, 0.25) is 6.79 Å². The Morgan fingerprint density at radius 1 is 1.00 bits per heavy atom. The van der Waals surface area contributed by atoms with Gasteiger partial charge < -0.3 is 23.8 Å². The van der Waals surface area contributed by atoms with Crippen LogP contribution in [0.15, 0.2) is 24.3 Å². The molecular formula is C22H20ClNO6. The van der Waals surface area contributed by atoms with Crippen LogP contribution in [0.25, 0.3) is 0 Å². The number of fused-ring (bicyclic) bond motifs is 6. The van der Waals surface area contributed by atoms with Crippen LogP contribution in [0.1, 0.15) is 50.2 Å². The first-order valence-corrected chi connectivity index (χ1v) is 10.2. The zero-order chi connectivity index (χ0) is 21.0. The molecule has 0 N–H and O–H groups in total. The van der Waals surface area contributed by atoms with Crippen molar-refractivity contribution >= 4 is 23.3 Å². The highest BCUT2D eigenvalue weighted by atomic mass is 35.5. The van der Waals surface area contributed by atoms with E-state index < -0.39 is 12.0 Å². The highest BCUT2D eigenvalue weighted by Crippen LogP contribution is 2.54. The fraction of sp³-hybridized carbons (Fsp3) is 0.364. The van der Waals surface area contributed by atoms with Crippen LogP contribution in [-0.4, -0.2) is 50.0 Å². The number of carbonyl (C=O) groups excluding carboxylic acids is 2. The Bertz CT molecular complexity index is 1070. The van der Waals surface area contributed by atoms with Crippen LogP contribution < -0.4 is 18.9 Å². The van der Waals surface area contributed by atoms with Gasteiger partial charge in [-0.3, -0.25) is 9.59 Å². The van der Waals surface area contributed by atoms with E-state index >= 15 is 0 Å². The third-order valence-electron chi connectivity index (χ3n) is 5.98. The zero-order valence-corrected chi connectivity index (χ0v) is 17.3. The topological polar surface area (TPSA) is 74.3 Å². The molecule has 0 bridgehead atoms. The number of rotatable bonds is 5. The average molecular weight is 430 g/mol. The van der Waals surface area contributed by atoms with Gasteiger partial charge in [-0.05, 0) is 41.8 Å². The van der Waals surface area contributed by atoms with Crippen molar-refractivity contribution in [3.63, 3.8) is 0 Å². The van der Waals surface area contributed by atoms with Gasteiger partial charge in [0.1, 0.15) is 0 Å². The third-order valence-corrected chi connectivity index (χ3v) is 6.24. The second-order valence-corrected chi connectivity index (χ2v) is 7.79. The van der Waals surface area contributed by atoms with Crippen molar-refractivity contribution in [2.75, 3.05) is 33.4 Å². The van der Waals surface area contributed by atoms with Crippen molar-refractivity contribution in [3.05, 3.63) is 46.5 Å². The first kappa shape index (κ1) is 19.1. The Kier molecular flexibility index (Phi) is 4.50. The molecule has 7 nitrogen and oxygen atoms in total. The van der Waals surface area contributed by atoms with Crippen LogP contribution in [0.4, 0.5) is 0 Å². The summed E-state index contributed by atoms with van der Waals surface area (Å²) in [5.41, 5.74) is 2.43. The third kappa shape index (κ3) is 2.58. The van der Waals surface area contributed by atoms with E-state index in [4.69, 9.17) is 30.5 Å². The second-order valence-electron chi connectivity index (χ2n) is 7.42. The van der Waals surface area contributed by atoms with Crippen LogP contribution >= 0.6 is 11.6 Å². The summed E-state index contributed by atoms with van der Waals surface area (Å²) in [6.07, 6.45) is 0.618. The molecule has 2 atom stereocenters. The van der Waals surface area contributed by atoms with E-state index in [1.54, 1.807) is 23.1 Å². The number of methoxy groups -OCH3 is 2. The standard InChI is InChI=1S/C22H20ClNO6/c1-27-15-6-11-14(9-16(15)28-2)22(26)24(5-3-4-23)20-12-7-17-18(30-10-29-17)8-13(12)21(25)19(11)20/h6-9,19-20H,3-5,10H2,1-2H3/t19-,20-/m1/s1. The van der Waals surface area contributed by atoms with E-state index in [1.165, 1.54) is 14.2 Å². The first-order valence-electron chi connectivity index (χ1n) is 9.69. The molecule has 0 spiro atoms. The molecule has 30 heavy (non-hydrogen) atoms. The van der Waals surface area contributed by atoms with Crippen LogP contribution in [0.2, 0.25) is 0 Å². The maximum absolute atomic E-state index is 13.5. The minimum atomic E-state index is -0.537. The van der Waals surface area contributed by atoms with E-state index in [0.717, 1.165) is 5.56 Å². The number of nitrogens with zero attached hydrogens (tertiary/aromatic N) is 1. The number of Topliss-reactive ketones (excluding diaryl/α,β-unsaturated/α-hetero) is 1. The van der Waals surface area contributed by atoms with Gasteiger partial charge in [0, 0.05) is 23.6 Å². The zero-order valence-electron chi connectivity index (χ0n) is 16.6. The number of ketones is 1. The molecule has 1 aliphatic carbocycles. The lowest BCUT2D eigenvalue weighted by Crippen LogP contribution is -2.42. The van der Waals surface area contributed by atoms with E-state index in [2.05, 4.69) is 0 Å². The lowest BCUT2D eigenvalue weighted by atomic mass is 9.82. The lowest BCUT2D eigenvalue weighted by Gasteiger charge is -2.38. The SMILES string of the molecule is COc1cc2c(cc1OC)[C@H]1C(=O)c3cc4c(cc3[C@H]1N(CCCCl)C2=O)OCO4. The van der Waals surface area contributed by atoms with Gasteiger partial charge in [0.25, 0.3) is 5.91 Å². The molecule has 1 amide bonds. The molecule has 2 aliphatic heterocycles. The summed E-state index contributed by atoms with van der Waals surface area (Å²) in [5.74, 6) is 1.74.